The molecule has 0 aliphatic rings. The van der Waals surface area contributed by atoms with E-state index in [-0.39, 0.29) is 24.1 Å². The van der Waals surface area contributed by atoms with Crippen molar-refractivity contribution in [1.82, 2.24) is 10.7 Å². The van der Waals surface area contributed by atoms with E-state index in [4.69, 9.17) is 16.3 Å². The summed E-state index contributed by atoms with van der Waals surface area (Å²) in [4.78, 5) is 34.9. The second-order valence-electron chi connectivity index (χ2n) is 6.09. The predicted octanol–water partition coefficient (Wildman–Crippen LogP) is 2.42. The molecule has 156 valence electrons. The monoisotopic (exact) mass is 428 g/mol. The van der Waals surface area contributed by atoms with E-state index in [2.05, 4.69) is 27.7 Å². The largest absolute Gasteiger partial charge is 0.482 e. The Morgan fingerprint density at radius 1 is 1.13 bits per heavy atom. The zero-order valence-electron chi connectivity index (χ0n) is 16.3. The molecule has 3 N–H and O–H groups in total. The molecule has 2 rings (SSSR count). The van der Waals surface area contributed by atoms with Crippen molar-refractivity contribution in [2.75, 3.05) is 18.5 Å². The van der Waals surface area contributed by atoms with Crippen molar-refractivity contribution in [2.45, 2.75) is 6.92 Å². The maximum Gasteiger partial charge on any atom is 0.329 e. The predicted molar refractivity (Wildman–Crippen MR) is 116 cm³/mol. The Morgan fingerprint density at radius 3 is 2.53 bits per heavy atom. The van der Waals surface area contributed by atoms with E-state index in [1.165, 1.54) is 12.3 Å². The summed E-state index contributed by atoms with van der Waals surface area (Å²) in [5, 5.41) is 9.00. The summed E-state index contributed by atoms with van der Waals surface area (Å²) >= 11 is 6.16. The maximum atomic E-state index is 12.0. The molecule has 0 aliphatic heterocycles. The third kappa shape index (κ3) is 7.40. The van der Waals surface area contributed by atoms with Crippen LogP contribution in [0.2, 0.25) is 5.02 Å². The van der Waals surface area contributed by atoms with Gasteiger partial charge in [0.15, 0.2) is 6.61 Å². The molecule has 2 aromatic rings. The maximum absolute atomic E-state index is 12.0. The summed E-state index contributed by atoms with van der Waals surface area (Å²) < 4.78 is 5.44. The second-order valence-corrected chi connectivity index (χ2v) is 6.50. The Hall–Kier alpha value is -3.65. The first-order valence-electron chi connectivity index (χ1n) is 8.90. The van der Waals surface area contributed by atoms with Gasteiger partial charge in [-0.05, 0) is 42.8 Å². The molecule has 30 heavy (non-hydrogen) atoms. The van der Waals surface area contributed by atoms with Crippen LogP contribution in [0.25, 0.3) is 0 Å². The van der Waals surface area contributed by atoms with Gasteiger partial charge in [-0.15, -0.1) is 6.58 Å². The fraction of sp³-hybridized carbons (Fsp3) is 0.143. The first-order valence-corrected chi connectivity index (χ1v) is 9.28. The van der Waals surface area contributed by atoms with Crippen LogP contribution in [0.1, 0.15) is 11.1 Å². The molecule has 0 saturated carbocycles. The molecular formula is C21H21ClN4O4. The molecule has 0 atom stereocenters. The minimum absolute atomic E-state index is 0.177. The number of ether oxygens (including phenoxy) is 1. The first kappa shape index (κ1) is 22.6. The highest BCUT2D eigenvalue weighted by molar-refractivity contribution is 6.35. The van der Waals surface area contributed by atoms with Gasteiger partial charge in [0, 0.05) is 12.2 Å². The molecule has 0 heterocycles. The number of anilines is 1. The number of aryl methyl sites for hydroxylation is 1. The SMILES string of the molecule is C=CCNC(=O)C(=O)N/N=C\c1ccc(OCC(=O)Nc2ccc(C)cc2)c(Cl)c1. The van der Waals surface area contributed by atoms with E-state index < -0.39 is 11.8 Å². The highest BCUT2D eigenvalue weighted by Crippen LogP contribution is 2.25. The number of amides is 3. The number of hydrogen-bond acceptors (Lipinski definition) is 5. The first-order chi connectivity index (χ1) is 14.4. The van der Waals surface area contributed by atoms with E-state index in [0.29, 0.717) is 17.0 Å². The Balaban J connectivity index is 1.84. The molecule has 0 saturated heterocycles. The van der Waals surface area contributed by atoms with Crippen LogP contribution < -0.4 is 20.8 Å². The number of hydrazone groups is 1. The average molecular weight is 429 g/mol. The van der Waals surface area contributed by atoms with Crippen molar-refractivity contribution in [3.8, 4) is 5.75 Å². The van der Waals surface area contributed by atoms with Crippen LogP contribution in [0.4, 0.5) is 5.69 Å². The molecule has 9 heteroatoms. The van der Waals surface area contributed by atoms with Crippen LogP contribution in [-0.4, -0.2) is 37.1 Å². The van der Waals surface area contributed by atoms with Crippen molar-refractivity contribution >= 4 is 41.2 Å². The minimum atomic E-state index is -0.904. The molecule has 0 spiro atoms. The van der Waals surface area contributed by atoms with Crippen LogP contribution in [0.15, 0.2) is 60.2 Å². The summed E-state index contributed by atoms with van der Waals surface area (Å²) in [6, 6.07) is 12.1. The summed E-state index contributed by atoms with van der Waals surface area (Å²) in [5.74, 6) is -1.73. The second kappa shape index (κ2) is 11.4. The smallest absolute Gasteiger partial charge is 0.329 e. The standard InChI is InChI=1S/C21H21ClN4O4/c1-3-10-23-20(28)21(29)26-24-12-15-6-9-18(17(22)11-15)30-13-19(27)25-16-7-4-14(2)5-8-16/h3-9,11-12H,1,10,13H2,2H3,(H,23,28)(H,25,27)(H,26,29)/b24-12-. The Kier molecular flexibility index (Phi) is 8.58. The fourth-order valence-electron chi connectivity index (χ4n) is 2.15. The Morgan fingerprint density at radius 2 is 1.87 bits per heavy atom. The molecule has 2 aromatic carbocycles. The number of benzene rings is 2. The van der Waals surface area contributed by atoms with Gasteiger partial charge in [0.25, 0.3) is 5.91 Å². The number of nitrogens with one attached hydrogen (secondary N) is 3. The van der Waals surface area contributed by atoms with Gasteiger partial charge >= 0.3 is 11.8 Å². The van der Waals surface area contributed by atoms with Crippen LogP contribution in [0.5, 0.6) is 5.75 Å². The average Bonchev–Trinajstić information content (AvgIpc) is 2.73. The lowest BCUT2D eigenvalue weighted by atomic mass is 10.2. The summed E-state index contributed by atoms with van der Waals surface area (Å²) in [7, 11) is 0. The molecule has 0 radical (unpaired) electrons. The molecule has 0 aromatic heterocycles. The number of nitrogens with zero attached hydrogens (tertiary/aromatic N) is 1. The van der Waals surface area contributed by atoms with Gasteiger partial charge in [-0.25, -0.2) is 5.43 Å². The van der Waals surface area contributed by atoms with Gasteiger partial charge < -0.3 is 15.4 Å². The highest BCUT2D eigenvalue weighted by Gasteiger charge is 2.11. The Labute approximate surface area is 178 Å². The highest BCUT2D eigenvalue weighted by atomic mass is 35.5. The lowest BCUT2D eigenvalue weighted by molar-refractivity contribution is -0.139. The van der Waals surface area contributed by atoms with Crippen molar-refractivity contribution in [1.29, 1.82) is 0 Å². The van der Waals surface area contributed by atoms with Gasteiger partial charge in [-0.1, -0.05) is 35.4 Å². The zero-order valence-corrected chi connectivity index (χ0v) is 17.0. The van der Waals surface area contributed by atoms with Crippen LogP contribution >= 0.6 is 11.6 Å². The van der Waals surface area contributed by atoms with E-state index in [9.17, 15) is 14.4 Å². The Bertz CT molecular complexity index is 958. The molecule has 0 fully saturated rings. The van der Waals surface area contributed by atoms with Crippen molar-refractivity contribution in [3.05, 3.63) is 71.3 Å². The molecular weight excluding hydrogens is 408 g/mol. The molecule has 8 nitrogen and oxygen atoms in total. The van der Waals surface area contributed by atoms with Crippen LogP contribution in [0, 0.1) is 6.92 Å². The number of carbonyl (C=O) groups is 3. The molecule has 3 amide bonds. The summed E-state index contributed by atoms with van der Waals surface area (Å²) in [6.45, 7) is 5.36. The van der Waals surface area contributed by atoms with E-state index in [0.717, 1.165) is 5.56 Å². The van der Waals surface area contributed by atoms with Crippen molar-refractivity contribution in [2.24, 2.45) is 5.10 Å². The number of rotatable bonds is 8. The number of carbonyl (C=O) groups excluding carboxylic acids is 3. The number of halogens is 1. The molecule has 0 unspecified atom stereocenters. The summed E-state index contributed by atoms with van der Waals surface area (Å²) in [5.41, 5.74) is 4.42. The van der Waals surface area contributed by atoms with Gasteiger partial charge in [0.1, 0.15) is 5.75 Å². The summed E-state index contributed by atoms with van der Waals surface area (Å²) in [6.07, 6.45) is 2.77. The molecule has 0 aliphatic carbocycles. The van der Waals surface area contributed by atoms with E-state index in [1.54, 1.807) is 30.3 Å². The normalized spacial score (nSPS) is 10.3. The minimum Gasteiger partial charge on any atom is -0.482 e. The van der Waals surface area contributed by atoms with Crippen molar-refractivity contribution < 1.29 is 19.1 Å². The molecule has 0 bridgehead atoms. The quantitative estimate of drug-likeness (QED) is 0.259. The number of hydrogen-bond donors (Lipinski definition) is 3. The van der Waals surface area contributed by atoms with Gasteiger partial charge in [-0.3, -0.25) is 14.4 Å². The lowest BCUT2D eigenvalue weighted by Gasteiger charge is -2.09. The lowest BCUT2D eigenvalue weighted by Crippen LogP contribution is -2.37. The zero-order chi connectivity index (χ0) is 21.9. The third-order valence-electron chi connectivity index (χ3n) is 3.64. The van der Waals surface area contributed by atoms with Crippen LogP contribution in [-0.2, 0) is 14.4 Å². The van der Waals surface area contributed by atoms with Crippen LogP contribution in [0.3, 0.4) is 0 Å². The van der Waals surface area contributed by atoms with E-state index in [1.807, 2.05) is 19.1 Å². The van der Waals surface area contributed by atoms with E-state index >= 15 is 0 Å². The van der Waals surface area contributed by atoms with Gasteiger partial charge in [0.05, 0.1) is 11.2 Å². The van der Waals surface area contributed by atoms with Crippen molar-refractivity contribution in [3.63, 3.8) is 0 Å². The topological polar surface area (TPSA) is 109 Å². The third-order valence-corrected chi connectivity index (χ3v) is 3.94. The fourth-order valence-corrected chi connectivity index (χ4v) is 2.40. The van der Waals surface area contributed by atoms with Gasteiger partial charge in [0.2, 0.25) is 0 Å². The van der Waals surface area contributed by atoms with Gasteiger partial charge in [-0.2, -0.15) is 5.10 Å².